The molecule has 6 nitrogen and oxygen atoms in total. The molecule has 1 aromatic heterocycles. The molecule has 1 rings (SSSR count). The van der Waals surface area contributed by atoms with Gasteiger partial charge in [0.15, 0.2) is 5.69 Å². The van der Waals surface area contributed by atoms with Crippen molar-refractivity contribution >= 4 is 23.4 Å². The molecule has 7 heteroatoms. The first-order valence-corrected chi connectivity index (χ1v) is 4.28. The van der Waals surface area contributed by atoms with Gasteiger partial charge in [-0.1, -0.05) is 11.6 Å². The molecule has 0 radical (unpaired) electrons. The van der Waals surface area contributed by atoms with Crippen molar-refractivity contribution in [2.75, 3.05) is 7.11 Å². The SMILES string of the molecule is COC(=O)Cc1cc(Cl)cc([N+](=O)[O-])n1. The van der Waals surface area contributed by atoms with Crippen molar-refractivity contribution in [3.8, 4) is 0 Å². The van der Waals surface area contributed by atoms with Gasteiger partial charge in [-0.15, -0.1) is 0 Å². The second-order valence-electron chi connectivity index (χ2n) is 2.64. The predicted octanol–water partition coefficient (Wildman–Crippen LogP) is 1.36. The van der Waals surface area contributed by atoms with Gasteiger partial charge >= 0.3 is 11.8 Å². The lowest BCUT2D eigenvalue weighted by atomic mass is 10.3. The van der Waals surface area contributed by atoms with Gasteiger partial charge in [-0.2, -0.15) is 0 Å². The molecule has 0 atom stereocenters. The van der Waals surface area contributed by atoms with Crippen molar-refractivity contribution in [2.45, 2.75) is 6.42 Å². The van der Waals surface area contributed by atoms with Gasteiger partial charge in [-0.25, -0.2) is 0 Å². The van der Waals surface area contributed by atoms with E-state index in [-0.39, 0.29) is 23.0 Å². The fraction of sp³-hybridized carbons (Fsp3) is 0.250. The number of hydrogen-bond donors (Lipinski definition) is 0. The second-order valence-corrected chi connectivity index (χ2v) is 3.08. The Morgan fingerprint density at radius 2 is 2.33 bits per heavy atom. The molecule has 0 spiro atoms. The minimum atomic E-state index is -0.674. The minimum absolute atomic E-state index is 0.141. The Morgan fingerprint density at radius 1 is 1.67 bits per heavy atom. The van der Waals surface area contributed by atoms with Crippen LogP contribution in [0.25, 0.3) is 0 Å². The highest BCUT2D eigenvalue weighted by Gasteiger charge is 2.15. The van der Waals surface area contributed by atoms with Crippen LogP contribution in [0.15, 0.2) is 12.1 Å². The maximum atomic E-state index is 10.9. The Morgan fingerprint density at radius 3 is 2.87 bits per heavy atom. The van der Waals surface area contributed by atoms with Crippen LogP contribution in [0, 0.1) is 10.1 Å². The standard InChI is InChI=1S/C8H7ClN2O4/c1-15-8(12)4-6-2-5(9)3-7(10-6)11(13)14/h2-3H,4H2,1H3. The highest BCUT2D eigenvalue weighted by Crippen LogP contribution is 2.17. The Labute approximate surface area is 90.0 Å². The quantitative estimate of drug-likeness (QED) is 0.445. The number of nitrogens with zero attached hydrogens (tertiary/aromatic N) is 2. The zero-order valence-electron chi connectivity index (χ0n) is 7.77. The van der Waals surface area contributed by atoms with E-state index >= 15 is 0 Å². The first-order valence-electron chi connectivity index (χ1n) is 3.90. The van der Waals surface area contributed by atoms with Gasteiger partial charge in [0, 0.05) is 6.07 Å². The fourth-order valence-corrected chi connectivity index (χ4v) is 1.16. The lowest BCUT2D eigenvalue weighted by molar-refractivity contribution is -0.389. The molecule has 0 unspecified atom stereocenters. The van der Waals surface area contributed by atoms with Gasteiger partial charge in [0.2, 0.25) is 0 Å². The molecule has 1 heterocycles. The molecule has 1 aromatic rings. The first-order chi connectivity index (χ1) is 7.02. The molecule has 0 bridgehead atoms. The van der Waals surface area contributed by atoms with Gasteiger partial charge in [-0.05, 0) is 9.91 Å². The lowest BCUT2D eigenvalue weighted by Crippen LogP contribution is -2.07. The fourth-order valence-electron chi connectivity index (χ4n) is 0.940. The maximum absolute atomic E-state index is 10.9. The van der Waals surface area contributed by atoms with Gasteiger partial charge in [-0.3, -0.25) is 4.79 Å². The molecule has 0 saturated carbocycles. The third-order valence-corrected chi connectivity index (χ3v) is 1.79. The number of aromatic nitrogens is 1. The zero-order chi connectivity index (χ0) is 11.4. The largest absolute Gasteiger partial charge is 0.469 e. The Balaban J connectivity index is 2.98. The number of methoxy groups -OCH3 is 1. The maximum Gasteiger partial charge on any atom is 0.365 e. The number of ether oxygens (including phenoxy) is 1. The number of pyridine rings is 1. The van der Waals surface area contributed by atoms with Gasteiger partial charge in [0.05, 0.1) is 18.2 Å². The van der Waals surface area contributed by atoms with Crippen molar-refractivity contribution in [1.29, 1.82) is 0 Å². The van der Waals surface area contributed by atoms with E-state index in [4.69, 9.17) is 11.6 Å². The molecule has 0 N–H and O–H groups in total. The number of halogens is 1. The average molecular weight is 231 g/mol. The van der Waals surface area contributed by atoms with E-state index in [2.05, 4.69) is 9.72 Å². The topological polar surface area (TPSA) is 82.3 Å². The molecule has 80 valence electrons. The Bertz CT molecular complexity index is 408. The third-order valence-electron chi connectivity index (χ3n) is 1.57. The summed E-state index contributed by atoms with van der Waals surface area (Å²) in [5.74, 6) is -0.916. The van der Waals surface area contributed by atoms with Crippen LogP contribution in [0.1, 0.15) is 5.69 Å². The molecule has 0 aliphatic carbocycles. The van der Waals surface area contributed by atoms with Gasteiger partial charge < -0.3 is 14.9 Å². The summed E-state index contributed by atoms with van der Waals surface area (Å²) in [6.45, 7) is 0. The molecule has 0 aromatic carbocycles. The van der Waals surface area contributed by atoms with E-state index in [0.717, 1.165) is 6.07 Å². The van der Waals surface area contributed by atoms with E-state index in [0.29, 0.717) is 0 Å². The van der Waals surface area contributed by atoms with Crippen LogP contribution in [0.4, 0.5) is 5.82 Å². The smallest absolute Gasteiger partial charge is 0.365 e. The van der Waals surface area contributed by atoms with Crippen molar-refractivity contribution < 1.29 is 14.5 Å². The Hall–Kier alpha value is -1.69. The lowest BCUT2D eigenvalue weighted by Gasteiger charge is -1.97. The number of nitro groups is 1. The van der Waals surface area contributed by atoms with Crippen LogP contribution in [0.5, 0.6) is 0 Å². The number of carbonyl (C=O) groups is 1. The molecule has 0 amide bonds. The number of rotatable bonds is 3. The van der Waals surface area contributed by atoms with Crippen LogP contribution in [0.2, 0.25) is 5.02 Å². The predicted molar refractivity (Wildman–Crippen MR) is 51.6 cm³/mol. The van der Waals surface area contributed by atoms with Crippen molar-refractivity contribution in [3.63, 3.8) is 0 Å². The van der Waals surface area contributed by atoms with E-state index in [1.54, 1.807) is 0 Å². The van der Waals surface area contributed by atoms with Crippen LogP contribution in [0.3, 0.4) is 0 Å². The number of carbonyl (C=O) groups excluding carboxylic acids is 1. The zero-order valence-corrected chi connectivity index (χ0v) is 8.52. The highest BCUT2D eigenvalue weighted by molar-refractivity contribution is 6.30. The summed E-state index contributed by atoms with van der Waals surface area (Å²) >= 11 is 5.62. The molecular weight excluding hydrogens is 224 g/mol. The van der Waals surface area contributed by atoms with Crippen molar-refractivity contribution in [2.24, 2.45) is 0 Å². The third kappa shape index (κ3) is 3.17. The van der Waals surface area contributed by atoms with Crippen LogP contribution in [-0.4, -0.2) is 23.0 Å². The molecule has 0 fully saturated rings. The summed E-state index contributed by atoms with van der Waals surface area (Å²) in [5.41, 5.74) is 0.209. The minimum Gasteiger partial charge on any atom is -0.469 e. The monoisotopic (exact) mass is 230 g/mol. The summed E-state index contributed by atoms with van der Waals surface area (Å²) < 4.78 is 4.40. The number of hydrogen-bond acceptors (Lipinski definition) is 5. The Kier molecular flexibility index (Phi) is 3.56. The van der Waals surface area contributed by atoms with Crippen molar-refractivity contribution in [1.82, 2.24) is 4.98 Å². The van der Waals surface area contributed by atoms with Crippen molar-refractivity contribution in [3.05, 3.63) is 33.0 Å². The summed E-state index contributed by atoms with van der Waals surface area (Å²) in [7, 11) is 1.22. The normalized spacial score (nSPS) is 9.73. The molecule has 0 aliphatic rings. The van der Waals surface area contributed by atoms with Crippen LogP contribution in [-0.2, 0) is 16.0 Å². The van der Waals surface area contributed by atoms with E-state index in [1.807, 2.05) is 0 Å². The number of esters is 1. The second kappa shape index (κ2) is 4.70. The van der Waals surface area contributed by atoms with E-state index < -0.39 is 10.9 Å². The van der Waals surface area contributed by atoms with Crippen LogP contribution >= 0.6 is 11.6 Å². The molecular formula is C8H7ClN2O4. The molecule has 0 saturated heterocycles. The molecule has 0 aliphatic heterocycles. The van der Waals surface area contributed by atoms with Crippen LogP contribution < -0.4 is 0 Å². The van der Waals surface area contributed by atoms with Gasteiger partial charge in [0.1, 0.15) is 6.42 Å². The summed E-state index contributed by atoms with van der Waals surface area (Å²) in [5, 5.41) is 10.6. The first kappa shape index (κ1) is 11.4. The molecule has 15 heavy (non-hydrogen) atoms. The summed E-state index contributed by atoms with van der Waals surface area (Å²) in [6.07, 6.45) is -0.141. The summed E-state index contributed by atoms with van der Waals surface area (Å²) in [4.78, 5) is 24.3. The highest BCUT2D eigenvalue weighted by atomic mass is 35.5. The average Bonchev–Trinajstić information content (AvgIpc) is 2.16. The van der Waals surface area contributed by atoms with E-state index in [9.17, 15) is 14.9 Å². The van der Waals surface area contributed by atoms with Gasteiger partial charge in [0.25, 0.3) is 0 Å². The summed E-state index contributed by atoms with van der Waals surface area (Å²) in [6, 6.07) is 2.49. The van der Waals surface area contributed by atoms with E-state index in [1.165, 1.54) is 13.2 Å².